The van der Waals surface area contributed by atoms with Gasteiger partial charge < -0.3 is 5.32 Å². The summed E-state index contributed by atoms with van der Waals surface area (Å²) in [6.07, 6.45) is 6.66. The number of carbonyl (C=O) groups is 1. The van der Waals surface area contributed by atoms with Crippen LogP contribution in [0.15, 0.2) is 46.2 Å². The summed E-state index contributed by atoms with van der Waals surface area (Å²) < 4.78 is 1.94. The molecule has 0 aliphatic heterocycles. The summed E-state index contributed by atoms with van der Waals surface area (Å²) in [6, 6.07) is 1.98. The molecule has 4 heterocycles. The lowest BCUT2D eigenvalue weighted by Gasteiger charge is -2.15. The quantitative estimate of drug-likeness (QED) is 0.561. The van der Waals surface area contributed by atoms with Crippen LogP contribution in [-0.2, 0) is 17.6 Å². The van der Waals surface area contributed by atoms with Gasteiger partial charge in [0, 0.05) is 35.8 Å². The molecule has 0 spiro atoms. The van der Waals surface area contributed by atoms with Gasteiger partial charge in [0.05, 0.1) is 18.2 Å². The molecule has 1 atom stereocenters. The maximum absolute atomic E-state index is 12.5. The molecule has 0 saturated heterocycles. The Kier molecular flexibility index (Phi) is 4.42. The first-order valence-electron chi connectivity index (χ1n) is 7.39. The third-order valence-corrected chi connectivity index (χ3v) is 5.98. The highest BCUT2D eigenvalue weighted by Gasteiger charge is 2.19. The van der Waals surface area contributed by atoms with Crippen LogP contribution < -0.4 is 5.32 Å². The van der Waals surface area contributed by atoms with Gasteiger partial charge >= 0.3 is 0 Å². The van der Waals surface area contributed by atoms with Gasteiger partial charge in [-0.3, -0.25) is 9.20 Å². The minimum atomic E-state index is -0.101. The van der Waals surface area contributed by atoms with Gasteiger partial charge in [0.25, 0.3) is 0 Å². The largest absolute Gasteiger partial charge is 0.346 e. The van der Waals surface area contributed by atoms with Crippen LogP contribution in [0.2, 0.25) is 0 Å². The number of thiazole rings is 2. The van der Waals surface area contributed by atoms with E-state index < -0.39 is 0 Å². The Morgan fingerprint density at radius 3 is 3.00 bits per heavy atom. The topological polar surface area (TPSA) is 59.3 Å². The first kappa shape index (κ1) is 15.5. The summed E-state index contributed by atoms with van der Waals surface area (Å²) >= 11 is 4.79. The molecule has 122 valence electrons. The van der Waals surface area contributed by atoms with E-state index in [9.17, 15) is 4.79 Å². The second-order valence-corrected chi connectivity index (χ2v) is 7.91. The zero-order valence-corrected chi connectivity index (χ0v) is 15.0. The summed E-state index contributed by atoms with van der Waals surface area (Å²) in [5.74, 6) is -0.0313. The van der Waals surface area contributed by atoms with Crippen LogP contribution in [0.4, 0.5) is 0 Å². The van der Waals surface area contributed by atoms with Crippen molar-refractivity contribution in [2.75, 3.05) is 0 Å². The number of thiophene rings is 1. The molecular weight excluding hydrogens is 360 g/mol. The average Bonchev–Trinajstić information content (AvgIpc) is 3.31. The number of amides is 1. The zero-order valence-electron chi connectivity index (χ0n) is 12.6. The number of fused-ring (bicyclic) bond motifs is 1. The highest BCUT2D eigenvalue weighted by molar-refractivity contribution is 7.15. The first-order valence-corrected chi connectivity index (χ1v) is 10.1. The van der Waals surface area contributed by atoms with E-state index in [1.54, 1.807) is 40.2 Å². The molecule has 0 aliphatic rings. The highest BCUT2D eigenvalue weighted by Crippen LogP contribution is 2.22. The summed E-state index contributed by atoms with van der Waals surface area (Å²) in [5.41, 5.74) is 2.00. The van der Waals surface area contributed by atoms with E-state index in [1.165, 1.54) is 5.56 Å². The third-order valence-electron chi connectivity index (χ3n) is 3.59. The average molecular weight is 375 g/mol. The Morgan fingerprint density at radius 2 is 2.25 bits per heavy atom. The van der Waals surface area contributed by atoms with Gasteiger partial charge in [0.1, 0.15) is 5.01 Å². The fourth-order valence-corrected chi connectivity index (χ4v) is 4.61. The molecule has 4 aromatic rings. The van der Waals surface area contributed by atoms with E-state index >= 15 is 0 Å². The van der Waals surface area contributed by atoms with Gasteiger partial charge in [-0.25, -0.2) is 9.97 Å². The number of carbonyl (C=O) groups excluding carboxylic acids is 1. The Bertz CT molecular complexity index is 895. The number of aromatic nitrogens is 3. The third kappa shape index (κ3) is 3.40. The maximum atomic E-state index is 12.5. The molecule has 0 radical (unpaired) electrons. The van der Waals surface area contributed by atoms with Crippen molar-refractivity contribution in [3.63, 3.8) is 0 Å². The second-order valence-electron chi connectivity index (χ2n) is 5.33. The molecule has 0 unspecified atom stereocenters. The van der Waals surface area contributed by atoms with Crippen LogP contribution in [0.5, 0.6) is 0 Å². The summed E-state index contributed by atoms with van der Waals surface area (Å²) in [6.45, 7) is 0. The van der Waals surface area contributed by atoms with Crippen LogP contribution in [0.3, 0.4) is 0 Å². The van der Waals surface area contributed by atoms with Crippen molar-refractivity contribution in [1.29, 1.82) is 0 Å². The Morgan fingerprint density at radius 1 is 1.29 bits per heavy atom. The van der Waals surface area contributed by atoms with Crippen molar-refractivity contribution in [2.45, 2.75) is 18.9 Å². The number of nitrogens with one attached hydrogen (secondary N) is 1. The molecule has 0 fully saturated rings. The lowest BCUT2D eigenvalue weighted by molar-refractivity contribution is -0.121. The summed E-state index contributed by atoms with van der Waals surface area (Å²) in [4.78, 5) is 22.2. The number of nitrogens with zero attached hydrogens (tertiary/aromatic N) is 3. The summed E-state index contributed by atoms with van der Waals surface area (Å²) in [7, 11) is 0. The van der Waals surface area contributed by atoms with E-state index in [1.807, 2.05) is 32.9 Å². The summed E-state index contributed by atoms with van der Waals surface area (Å²) in [5, 5.41) is 12.1. The Balaban J connectivity index is 1.47. The standard InChI is InChI=1S/C16H14N4OS3/c21-14(8-12-9-20-3-6-24-16(20)18-12)19-13(15-17-2-5-23-15)7-11-1-4-22-10-11/h1-6,9-10,13H,7-8H2,(H,19,21)/t13-/m0/s1. The number of hydrogen-bond acceptors (Lipinski definition) is 6. The van der Waals surface area contributed by atoms with Crippen LogP contribution in [0.25, 0.3) is 4.96 Å². The molecular formula is C16H14N4OS3. The molecule has 5 nitrogen and oxygen atoms in total. The van der Waals surface area contributed by atoms with Crippen LogP contribution in [-0.4, -0.2) is 20.3 Å². The molecule has 8 heteroatoms. The van der Waals surface area contributed by atoms with Gasteiger partial charge in [0.2, 0.25) is 5.91 Å². The molecule has 0 aromatic carbocycles. The highest BCUT2D eigenvalue weighted by atomic mass is 32.1. The van der Waals surface area contributed by atoms with Crippen LogP contribution in [0, 0.1) is 0 Å². The van der Waals surface area contributed by atoms with Crippen molar-refractivity contribution >= 4 is 44.9 Å². The van der Waals surface area contributed by atoms with E-state index in [0.717, 1.165) is 22.1 Å². The molecule has 4 rings (SSSR count). The van der Waals surface area contributed by atoms with Crippen LogP contribution in [0.1, 0.15) is 22.3 Å². The smallest absolute Gasteiger partial charge is 0.226 e. The number of rotatable bonds is 6. The molecule has 0 aliphatic carbocycles. The van der Waals surface area contributed by atoms with Crippen molar-refractivity contribution in [3.8, 4) is 0 Å². The fourth-order valence-electron chi connectivity index (χ4n) is 2.52. The van der Waals surface area contributed by atoms with Gasteiger partial charge in [-0.05, 0) is 22.4 Å². The number of imidazole rings is 1. The lowest BCUT2D eigenvalue weighted by Crippen LogP contribution is -2.31. The van der Waals surface area contributed by atoms with E-state index in [0.29, 0.717) is 0 Å². The molecule has 24 heavy (non-hydrogen) atoms. The minimum Gasteiger partial charge on any atom is -0.346 e. The van der Waals surface area contributed by atoms with Crippen molar-refractivity contribution < 1.29 is 4.79 Å². The van der Waals surface area contributed by atoms with Gasteiger partial charge in [-0.2, -0.15) is 11.3 Å². The molecule has 1 amide bonds. The Hall–Kier alpha value is -2.03. The second kappa shape index (κ2) is 6.84. The molecule has 0 saturated carbocycles. The first-order chi connectivity index (χ1) is 11.8. The molecule has 0 bridgehead atoms. The normalized spacial score (nSPS) is 12.5. The van der Waals surface area contributed by atoms with Gasteiger partial charge in [-0.15, -0.1) is 22.7 Å². The van der Waals surface area contributed by atoms with Gasteiger partial charge in [0.15, 0.2) is 4.96 Å². The lowest BCUT2D eigenvalue weighted by atomic mass is 10.1. The predicted molar refractivity (Wildman–Crippen MR) is 97.8 cm³/mol. The maximum Gasteiger partial charge on any atom is 0.226 e. The monoisotopic (exact) mass is 374 g/mol. The fraction of sp³-hybridized carbons (Fsp3) is 0.188. The molecule has 1 N–H and O–H groups in total. The van der Waals surface area contributed by atoms with Crippen molar-refractivity contribution in [2.24, 2.45) is 0 Å². The number of hydrogen-bond donors (Lipinski definition) is 1. The van der Waals surface area contributed by atoms with E-state index in [2.05, 4.69) is 26.7 Å². The minimum absolute atomic E-state index is 0.0313. The van der Waals surface area contributed by atoms with Crippen molar-refractivity contribution in [3.05, 3.63) is 62.4 Å². The predicted octanol–water partition coefficient (Wildman–Crippen LogP) is 3.56. The van der Waals surface area contributed by atoms with Crippen LogP contribution >= 0.6 is 34.0 Å². The SMILES string of the molecule is O=C(Cc1cn2ccsc2n1)N[C@@H](Cc1ccsc1)c1nccs1. The zero-order chi connectivity index (χ0) is 16.4. The van der Waals surface area contributed by atoms with E-state index in [-0.39, 0.29) is 18.4 Å². The van der Waals surface area contributed by atoms with Gasteiger partial charge in [-0.1, -0.05) is 0 Å². The van der Waals surface area contributed by atoms with Crippen molar-refractivity contribution in [1.82, 2.24) is 19.7 Å². The Labute approximate surface area is 150 Å². The molecule has 4 aromatic heterocycles. The van der Waals surface area contributed by atoms with E-state index in [4.69, 9.17) is 0 Å².